The summed E-state index contributed by atoms with van der Waals surface area (Å²) < 4.78 is 0. The van der Waals surface area contributed by atoms with E-state index in [1.807, 2.05) is 0 Å². The van der Waals surface area contributed by atoms with Gasteiger partial charge in [-0.2, -0.15) is 0 Å². The molecule has 0 aromatic heterocycles. The maximum Gasteiger partial charge on any atom is 0.242 e. The lowest BCUT2D eigenvalue weighted by molar-refractivity contribution is -0.140. The van der Waals surface area contributed by atoms with Gasteiger partial charge in [-0.3, -0.25) is 14.4 Å². The number of rotatable bonds is 6. The molecule has 5 nitrogen and oxygen atoms in total. The van der Waals surface area contributed by atoms with Gasteiger partial charge < -0.3 is 9.80 Å². The Bertz CT molecular complexity index is 300. The first-order valence-corrected chi connectivity index (χ1v) is 5.80. The minimum Gasteiger partial charge on any atom is -0.337 e. The number of nitrogens with zero attached hydrogens (tertiary/aromatic N) is 2. The minimum atomic E-state index is -0.219. The van der Waals surface area contributed by atoms with Gasteiger partial charge in [0, 0.05) is 26.4 Å². The van der Waals surface area contributed by atoms with Crippen molar-refractivity contribution in [3.8, 4) is 0 Å². The van der Waals surface area contributed by atoms with Crippen molar-refractivity contribution in [2.75, 3.05) is 27.2 Å². The first-order chi connectivity index (χ1) is 7.79. The zero-order valence-corrected chi connectivity index (χ0v) is 11.3. The lowest BCUT2D eigenvalue weighted by Crippen LogP contribution is -2.41. The van der Waals surface area contributed by atoms with Gasteiger partial charge in [0.15, 0.2) is 5.78 Å². The van der Waals surface area contributed by atoms with Gasteiger partial charge in [-0.15, -0.1) is 0 Å². The Kier molecular flexibility index (Phi) is 6.46. The van der Waals surface area contributed by atoms with Crippen LogP contribution in [0.4, 0.5) is 0 Å². The number of amides is 2. The molecular formula is C12H22N2O3. The van der Waals surface area contributed by atoms with Crippen LogP contribution in [-0.2, 0) is 14.4 Å². The van der Waals surface area contributed by atoms with Crippen molar-refractivity contribution in [3.63, 3.8) is 0 Å². The van der Waals surface area contributed by atoms with E-state index in [4.69, 9.17) is 0 Å². The number of Topliss-reactive ketones (excluding diaryl/α,β-unsaturated/α-hetero) is 1. The Morgan fingerprint density at radius 3 is 1.82 bits per heavy atom. The zero-order valence-electron chi connectivity index (χ0n) is 11.3. The highest BCUT2D eigenvalue weighted by atomic mass is 16.2. The molecule has 0 saturated heterocycles. The number of ketones is 1. The molecular weight excluding hydrogens is 220 g/mol. The van der Waals surface area contributed by atoms with Gasteiger partial charge in [0.1, 0.15) is 0 Å². The highest BCUT2D eigenvalue weighted by molar-refractivity contribution is 5.89. The molecule has 0 atom stereocenters. The summed E-state index contributed by atoms with van der Waals surface area (Å²) >= 11 is 0. The van der Waals surface area contributed by atoms with Crippen molar-refractivity contribution >= 4 is 17.6 Å². The predicted molar refractivity (Wildman–Crippen MR) is 65.4 cm³/mol. The Morgan fingerprint density at radius 2 is 1.41 bits per heavy atom. The van der Waals surface area contributed by atoms with Crippen LogP contribution in [0.2, 0.25) is 0 Å². The van der Waals surface area contributed by atoms with E-state index < -0.39 is 0 Å². The molecule has 0 unspecified atom stereocenters. The van der Waals surface area contributed by atoms with Crippen molar-refractivity contribution in [3.05, 3.63) is 0 Å². The molecule has 0 heterocycles. The van der Waals surface area contributed by atoms with Crippen LogP contribution in [0.25, 0.3) is 0 Å². The molecule has 0 N–H and O–H groups in total. The Morgan fingerprint density at radius 1 is 0.941 bits per heavy atom. The second kappa shape index (κ2) is 7.04. The van der Waals surface area contributed by atoms with E-state index in [1.54, 1.807) is 34.9 Å². The molecule has 0 saturated carbocycles. The van der Waals surface area contributed by atoms with E-state index in [0.717, 1.165) is 0 Å². The summed E-state index contributed by atoms with van der Waals surface area (Å²) in [4.78, 5) is 37.2. The van der Waals surface area contributed by atoms with Crippen molar-refractivity contribution < 1.29 is 14.4 Å². The number of hydrogen-bond acceptors (Lipinski definition) is 3. The Balaban J connectivity index is 4.23. The maximum absolute atomic E-state index is 11.7. The number of carbonyl (C=O) groups excluding carboxylic acids is 3. The smallest absolute Gasteiger partial charge is 0.242 e. The van der Waals surface area contributed by atoms with Crippen molar-refractivity contribution in [2.24, 2.45) is 5.92 Å². The SMILES string of the molecule is CCC(=O)N(C)CC(=O)N(C)CC(=O)C(C)C. The number of carbonyl (C=O) groups is 3. The van der Waals surface area contributed by atoms with E-state index in [1.165, 1.54) is 9.80 Å². The summed E-state index contributed by atoms with van der Waals surface area (Å²) in [5.41, 5.74) is 0. The lowest BCUT2D eigenvalue weighted by Gasteiger charge is -2.21. The first-order valence-electron chi connectivity index (χ1n) is 5.80. The fourth-order valence-electron chi connectivity index (χ4n) is 1.19. The highest BCUT2D eigenvalue weighted by Gasteiger charge is 2.18. The predicted octanol–water partition coefficient (Wildman–Crippen LogP) is 0.538. The van der Waals surface area contributed by atoms with Crippen LogP contribution >= 0.6 is 0 Å². The third-order valence-electron chi connectivity index (χ3n) is 2.56. The van der Waals surface area contributed by atoms with Gasteiger partial charge in [-0.25, -0.2) is 0 Å². The van der Waals surface area contributed by atoms with E-state index in [9.17, 15) is 14.4 Å². The average molecular weight is 242 g/mol. The van der Waals surface area contributed by atoms with E-state index in [-0.39, 0.29) is 36.6 Å². The normalized spacial score (nSPS) is 10.2. The number of likely N-dealkylation sites (N-methyl/N-ethyl adjacent to an activating group) is 2. The molecule has 2 amide bonds. The minimum absolute atomic E-state index is 0.0188. The second-order valence-electron chi connectivity index (χ2n) is 4.47. The molecule has 0 aromatic carbocycles. The summed E-state index contributed by atoms with van der Waals surface area (Å²) in [5, 5.41) is 0. The topological polar surface area (TPSA) is 57.7 Å². The molecule has 0 aliphatic rings. The summed E-state index contributed by atoms with van der Waals surface area (Å²) in [6.45, 7) is 5.47. The largest absolute Gasteiger partial charge is 0.337 e. The molecule has 0 aliphatic carbocycles. The molecule has 0 spiro atoms. The fraction of sp³-hybridized carbons (Fsp3) is 0.750. The molecule has 0 radical (unpaired) electrons. The van der Waals surface area contributed by atoms with Crippen LogP contribution in [0.3, 0.4) is 0 Å². The van der Waals surface area contributed by atoms with Crippen LogP contribution in [-0.4, -0.2) is 54.6 Å². The Hall–Kier alpha value is -1.39. The van der Waals surface area contributed by atoms with E-state index in [2.05, 4.69) is 0 Å². The molecule has 0 bridgehead atoms. The van der Waals surface area contributed by atoms with Crippen molar-refractivity contribution in [1.82, 2.24) is 9.80 Å². The third kappa shape index (κ3) is 5.47. The molecule has 5 heteroatoms. The molecule has 98 valence electrons. The van der Waals surface area contributed by atoms with Gasteiger partial charge in [0.25, 0.3) is 0 Å². The third-order valence-corrected chi connectivity index (χ3v) is 2.56. The van der Waals surface area contributed by atoms with Gasteiger partial charge in [0.2, 0.25) is 11.8 Å². The molecule has 0 rings (SSSR count). The van der Waals surface area contributed by atoms with E-state index in [0.29, 0.717) is 6.42 Å². The van der Waals surface area contributed by atoms with Crippen LogP contribution in [0.1, 0.15) is 27.2 Å². The second-order valence-corrected chi connectivity index (χ2v) is 4.47. The summed E-state index contributed by atoms with van der Waals surface area (Å²) in [5.74, 6) is -0.365. The molecule has 0 fully saturated rings. The number of hydrogen-bond donors (Lipinski definition) is 0. The van der Waals surface area contributed by atoms with Gasteiger partial charge in [-0.05, 0) is 0 Å². The summed E-state index contributed by atoms with van der Waals surface area (Å²) in [6.07, 6.45) is 0.373. The highest BCUT2D eigenvalue weighted by Crippen LogP contribution is 1.98. The molecule has 17 heavy (non-hydrogen) atoms. The average Bonchev–Trinajstić information content (AvgIpc) is 2.27. The quantitative estimate of drug-likeness (QED) is 0.683. The molecule has 0 aromatic rings. The van der Waals surface area contributed by atoms with Crippen LogP contribution in [0.5, 0.6) is 0 Å². The van der Waals surface area contributed by atoms with Crippen LogP contribution in [0, 0.1) is 5.92 Å². The van der Waals surface area contributed by atoms with Crippen LogP contribution in [0.15, 0.2) is 0 Å². The van der Waals surface area contributed by atoms with E-state index >= 15 is 0 Å². The first kappa shape index (κ1) is 15.6. The van der Waals surface area contributed by atoms with Crippen molar-refractivity contribution in [2.45, 2.75) is 27.2 Å². The monoisotopic (exact) mass is 242 g/mol. The standard InChI is InChI=1S/C12H22N2O3/c1-6-11(16)14(5)8-12(17)13(4)7-10(15)9(2)3/h9H,6-8H2,1-5H3. The van der Waals surface area contributed by atoms with Crippen molar-refractivity contribution in [1.29, 1.82) is 0 Å². The van der Waals surface area contributed by atoms with Gasteiger partial charge >= 0.3 is 0 Å². The Labute approximate surface area is 103 Å². The summed E-state index contributed by atoms with van der Waals surface area (Å²) in [7, 11) is 3.16. The maximum atomic E-state index is 11.7. The zero-order chi connectivity index (χ0) is 13.6. The van der Waals surface area contributed by atoms with Gasteiger partial charge in [-0.1, -0.05) is 20.8 Å². The lowest BCUT2D eigenvalue weighted by atomic mass is 10.1. The molecule has 0 aliphatic heterocycles. The van der Waals surface area contributed by atoms with Crippen LogP contribution < -0.4 is 0 Å². The fourth-order valence-corrected chi connectivity index (χ4v) is 1.19. The van der Waals surface area contributed by atoms with Gasteiger partial charge in [0.05, 0.1) is 13.1 Å². The summed E-state index contributed by atoms with van der Waals surface area (Å²) in [6, 6.07) is 0.